The van der Waals surface area contributed by atoms with E-state index >= 15 is 0 Å². The van der Waals surface area contributed by atoms with Gasteiger partial charge in [-0.1, -0.05) is 35.5 Å². The number of rotatable bonds is 3. The van der Waals surface area contributed by atoms with Gasteiger partial charge in [-0.15, -0.1) is 0 Å². The zero-order chi connectivity index (χ0) is 11.2. The van der Waals surface area contributed by atoms with Gasteiger partial charge < -0.3 is 5.32 Å². The first kappa shape index (κ1) is 10.7. The highest BCUT2D eigenvalue weighted by atomic mass is 15.1. The minimum Gasteiger partial charge on any atom is -0.312 e. The van der Waals surface area contributed by atoms with E-state index in [1.165, 1.54) is 16.7 Å². The Morgan fingerprint density at radius 3 is 3.31 bits per heavy atom. The molecule has 2 rings (SSSR count). The van der Waals surface area contributed by atoms with Crippen LogP contribution in [0.1, 0.15) is 16.7 Å². The second kappa shape index (κ2) is 5.35. The van der Waals surface area contributed by atoms with Gasteiger partial charge in [0.1, 0.15) is 0 Å². The molecule has 0 radical (unpaired) electrons. The van der Waals surface area contributed by atoms with E-state index in [9.17, 15) is 0 Å². The Labute approximate surface area is 94.6 Å². The summed E-state index contributed by atoms with van der Waals surface area (Å²) in [4.78, 5) is 2.72. The van der Waals surface area contributed by atoms with E-state index in [4.69, 9.17) is 5.53 Å². The molecular weight excluding hydrogens is 200 g/mol. The summed E-state index contributed by atoms with van der Waals surface area (Å²) in [5, 5.41) is 6.83. The van der Waals surface area contributed by atoms with Crippen LogP contribution < -0.4 is 5.32 Å². The van der Waals surface area contributed by atoms with Gasteiger partial charge in [0, 0.05) is 18.0 Å². The Bertz CT molecular complexity index is 444. The average Bonchev–Trinajstić information content (AvgIpc) is 2.35. The molecular formula is C12H14N4. The highest BCUT2D eigenvalue weighted by Gasteiger charge is 2.10. The van der Waals surface area contributed by atoms with Crippen molar-refractivity contribution in [1.29, 1.82) is 0 Å². The third-order valence-electron chi connectivity index (χ3n) is 2.72. The topological polar surface area (TPSA) is 60.8 Å². The largest absolute Gasteiger partial charge is 0.312 e. The van der Waals surface area contributed by atoms with Crippen LogP contribution >= 0.6 is 0 Å². The van der Waals surface area contributed by atoms with Crippen LogP contribution in [0.5, 0.6) is 0 Å². The third-order valence-corrected chi connectivity index (χ3v) is 2.72. The molecule has 0 aromatic heterocycles. The molecule has 1 aliphatic rings. The van der Waals surface area contributed by atoms with E-state index < -0.39 is 0 Å². The van der Waals surface area contributed by atoms with Gasteiger partial charge in [0.15, 0.2) is 0 Å². The van der Waals surface area contributed by atoms with Gasteiger partial charge in [-0.3, -0.25) is 0 Å². The summed E-state index contributed by atoms with van der Waals surface area (Å²) in [6.07, 6.45) is 5.01. The second-order valence-corrected chi connectivity index (χ2v) is 3.73. The molecule has 1 aliphatic heterocycles. The third kappa shape index (κ3) is 2.42. The Balaban J connectivity index is 2.20. The SMILES string of the molecule is [N-]=[N+]=NCC=Cc1cccc2c1CCNC2. The molecule has 1 aromatic carbocycles. The number of benzene rings is 1. The first-order valence-corrected chi connectivity index (χ1v) is 5.40. The Morgan fingerprint density at radius 2 is 2.44 bits per heavy atom. The minimum absolute atomic E-state index is 0.415. The van der Waals surface area contributed by atoms with E-state index in [-0.39, 0.29) is 0 Å². The molecule has 0 aliphatic carbocycles. The van der Waals surface area contributed by atoms with Crippen LogP contribution in [-0.4, -0.2) is 13.1 Å². The highest BCUT2D eigenvalue weighted by molar-refractivity contribution is 5.56. The molecule has 4 nitrogen and oxygen atoms in total. The number of fused-ring (bicyclic) bond motifs is 1. The van der Waals surface area contributed by atoms with E-state index in [0.717, 1.165) is 19.5 Å². The van der Waals surface area contributed by atoms with E-state index in [1.807, 2.05) is 12.2 Å². The van der Waals surface area contributed by atoms with Crippen molar-refractivity contribution in [3.8, 4) is 0 Å². The summed E-state index contributed by atoms with van der Waals surface area (Å²) in [5.74, 6) is 0. The fourth-order valence-corrected chi connectivity index (χ4v) is 1.98. The number of azide groups is 1. The average molecular weight is 214 g/mol. The van der Waals surface area contributed by atoms with Crippen LogP contribution in [0, 0.1) is 0 Å². The summed E-state index contributed by atoms with van der Waals surface area (Å²) in [6.45, 7) is 2.40. The molecule has 4 heteroatoms. The molecule has 1 heterocycles. The molecule has 1 N–H and O–H groups in total. The van der Waals surface area contributed by atoms with Gasteiger partial charge in [0.25, 0.3) is 0 Å². The number of hydrogen-bond donors (Lipinski definition) is 1. The lowest BCUT2D eigenvalue weighted by Gasteiger charge is -2.18. The maximum atomic E-state index is 8.17. The zero-order valence-corrected chi connectivity index (χ0v) is 9.06. The van der Waals surface area contributed by atoms with Crippen molar-refractivity contribution in [3.63, 3.8) is 0 Å². The van der Waals surface area contributed by atoms with Crippen molar-refractivity contribution in [1.82, 2.24) is 5.32 Å². The summed E-state index contributed by atoms with van der Waals surface area (Å²) in [7, 11) is 0. The first-order valence-electron chi connectivity index (χ1n) is 5.40. The summed E-state index contributed by atoms with van der Waals surface area (Å²) < 4.78 is 0. The van der Waals surface area contributed by atoms with Gasteiger partial charge in [-0.05, 0) is 35.2 Å². The molecule has 0 fully saturated rings. The number of nitrogens with zero attached hydrogens (tertiary/aromatic N) is 3. The molecule has 16 heavy (non-hydrogen) atoms. The molecule has 0 bridgehead atoms. The molecule has 82 valence electrons. The minimum atomic E-state index is 0.415. The number of nitrogens with one attached hydrogen (secondary N) is 1. The van der Waals surface area contributed by atoms with E-state index in [2.05, 4.69) is 33.5 Å². The van der Waals surface area contributed by atoms with Crippen molar-refractivity contribution in [2.24, 2.45) is 5.11 Å². The second-order valence-electron chi connectivity index (χ2n) is 3.73. The van der Waals surface area contributed by atoms with Gasteiger partial charge >= 0.3 is 0 Å². The fourth-order valence-electron chi connectivity index (χ4n) is 1.98. The summed E-state index contributed by atoms with van der Waals surface area (Å²) in [6, 6.07) is 6.34. The lowest BCUT2D eigenvalue weighted by molar-refractivity contribution is 0.643. The number of hydrogen-bond acceptors (Lipinski definition) is 2. The van der Waals surface area contributed by atoms with Crippen LogP contribution in [0.2, 0.25) is 0 Å². The quantitative estimate of drug-likeness (QED) is 0.469. The Kier molecular flexibility index (Phi) is 3.59. The summed E-state index contributed by atoms with van der Waals surface area (Å²) >= 11 is 0. The lowest BCUT2D eigenvalue weighted by atomic mass is 9.95. The fraction of sp³-hybridized carbons (Fsp3) is 0.333. The predicted molar refractivity (Wildman–Crippen MR) is 64.9 cm³/mol. The summed E-state index contributed by atoms with van der Waals surface area (Å²) in [5.41, 5.74) is 12.2. The molecule has 0 atom stereocenters. The highest BCUT2D eigenvalue weighted by Crippen LogP contribution is 2.19. The van der Waals surface area contributed by atoms with Gasteiger partial charge in [0.05, 0.1) is 0 Å². The maximum absolute atomic E-state index is 8.17. The van der Waals surface area contributed by atoms with Crippen LogP contribution in [0.4, 0.5) is 0 Å². The van der Waals surface area contributed by atoms with Crippen molar-refractivity contribution in [2.45, 2.75) is 13.0 Å². The smallest absolute Gasteiger partial charge is 0.0443 e. The van der Waals surface area contributed by atoms with Crippen LogP contribution in [-0.2, 0) is 13.0 Å². The van der Waals surface area contributed by atoms with Gasteiger partial charge in [-0.25, -0.2) is 0 Å². The van der Waals surface area contributed by atoms with Crippen LogP contribution in [0.15, 0.2) is 29.4 Å². The van der Waals surface area contributed by atoms with Crippen LogP contribution in [0.3, 0.4) is 0 Å². The van der Waals surface area contributed by atoms with Crippen molar-refractivity contribution in [2.75, 3.05) is 13.1 Å². The van der Waals surface area contributed by atoms with Crippen LogP contribution in [0.25, 0.3) is 16.5 Å². The van der Waals surface area contributed by atoms with Gasteiger partial charge in [-0.2, -0.15) is 0 Å². The first-order chi connectivity index (χ1) is 7.92. The predicted octanol–water partition coefficient (Wildman–Crippen LogP) is 2.66. The monoisotopic (exact) mass is 214 g/mol. The molecule has 1 aromatic rings. The molecule has 0 saturated heterocycles. The zero-order valence-electron chi connectivity index (χ0n) is 9.06. The lowest BCUT2D eigenvalue weighted by Crippen LogP contribution is -2.24. The van der Waals surface area contributed by atoms with Gasteiger partial charge in [0.2, 0.25) is 0 Å². The maximum Gasteiger partial charge on any atom is 0.0443 e. The van der Waals surface area contributed by atoms with Crippen molar-refractivity contribution < 1.29 is 0 Å². The van der Waals surface area contributed by atoms with E-state index in [1.54, 1.807) is 0 Å². The Hall–Kier alpha value is -1.77. The van der Waals surface area contributed by atoms with Crippen molar-refractivity contribution >= 4 is 6.08 Å². The normalized spacial score (nSPS) is 14.5. The standard InChI is InChI=1S/C12H14N4/c13-16-15-7-2-5-10-3-1-4-11-9-14-8-6-12(10)11/h1-5,14H,6-9H2. The molecule has 0 saturated carbocycles. The molecule has 0 spiro atoms. The Morgan fingerprint density at radius 1 is 1.50 bits per heavy atom. The van der Waals surface area contributed by atoms with E-state index in [0.29, 0.717) is 6.54 Å². The molecule has 0 amide bonds. The van der Waals surface area contributed by atoms with Crippen molar-refractivity contribution in [3.05, 3.63) is 51.4 Å². The molecule has 0 unspecified atom stereocenters.